The molecule has 15 heavy (non-hydrogen) atoms. The summed E-state index contributed by atoms with van der Waals surface area (Å²) >= 11 is 6.90. The molecule has 2 aromatic heterocycles. The van der Waals surface area contributed by atoms with Gasteiger partial charge in [0.25, 0.3) is 5.88 Å². The molecular formula is C9H8ClFN2OS. The van der Waals surface area contributed by atoms with E-state index in [0.717, 1.165) is 6.42 Å². The van der Waals surface area contributed by atoms with Crippen molar-refractivity contribution in [2.45, 2.75) is 13.3 Å². The number of rotatable bonds is 3. The lowest BCUT2D eigenvalue weighted by Gasteiger charge is -2.03. The maximum Gasteiger partial charge on any atom is 0.251 e. The fraction of sp³-hybridized carbons (Fsp3) is 0.333. The van der Waals surface area contributed by atoms with E-state index in [1.54, 1.807) is 0 Å². The Morgan fingerprint density at radius 2 is 2.33 bits per heavy atom. The molecule has 0 aromatic carbocycles. The summed E-state index contributed by atoms with van der Waals surface area (Å²) in [6.45, 7) is 2.39. The van der Waals surface area contributed by atoms with Crippen LogP contribution in [0.3, 0.4) is 0 Å². The average molecular weight is 247 g/mol. The summed E-state index contributed by atoms with van der Waals surface area (Å²) in [4.78, 5) is 8.52. The minimum Gasteiger partial charge on any atom is -0.476 e. The largest absolute Gasteiger partial charge is 0.476 e. The Morgan fingerprint density at radius 1 is 1.53 bits per heavy atom. The standard InChI is InChI=1S/C9H8ClFN2OS/c1-2-3-14-7-5(11)4-6-8(13-7)15-9(10)12-6/h4H,2-3H2,1H3. The molecule has 6 heteroatoms. The molecule has 2 heterocycles. The van der Waals surface area contributed by atoms with Crippen molar-refractivity contribution in [2.24, 2.45) is 0 Å². The fourth-order valence-corrected chi connectivity index (χ4v) is 2.05. The number of halogens is 2. The molecule has 0 aliphatic rings. The summed E-state index contributed by atoms with van der Waals surface area (Å²) in [5, 5.41) is 0. The van der Waals surface area contributed by atoms with E-state index in [1.807, 2.05) is 6.92 Å². The highest BCUT2D eigenvalue weighted by molar-refractivity contribution is 7.21. The number of thiazole rings is 1. The van der Waals surface area contributed by atoms with Crippen molar-refractivity contribution >= 4 is 33.3 Å². The molecule has 0 spiro atoms. The molecule has 2 rings (SSSR count). The molecule has 0 fully saturated rings. The van der Waals surface area contributed by atoms with E-state index in [2.05, 4.69) is 9.97 Å². The van der Waals surface area contributed by atoms with Gasteiger partial charge in [0, 0.05) is 6.07 Å². The summed E-state index contributed by atoms with van der Waals surface area (Å²) in [6.07, 6.45) is 0.808. The zero-order valence-electron chi connectivity index (χ0n) is 7.96. The maximum absolute atomic E-state index is 13.4. The molecule has 2 aromatic rings. The molecule has 0 saturated carbocycles. The summed E-state index contributed by atoms with van der Waals surface area (Å²) in [5.74, 6) is -0.484. The summed E-state index contributed by atoms with van der Waals surface area (Å²) in [7, 11) is 0. The second-order valence-corrected chi connectivity index (χ2v) is 4.47. The van der Waals surface area contributed by atoms with Gasteiger partial charge >= 0.3 is 0 Å². The molecule has 0 amide bonds. The van der Waals surface area contributed by atoms with E-state index in [0.29, 0.717) is 21.4 Å². The molecule has 0 N–H and O–H groups in total. The molecule has 0 atom stereocenters. The Morgan fingerprint density at radius 3 is 3.07 bits per heavy atom. The molecule has 0 aliphatic heterocycles. The van der Waals surface area contributed by atoms with Crippen molar-refractivity contribution < 1.29 is 9.13 Å². The van der Waals surface area contributed by atoms with Crippen LogP contribution in [0, 0.1) is 5.82 Å². The topological polar surface area (TPSA) is 35.0 Å². The monoisotopic (exact) mass is 246 g/mol. The number of fused-ring (bicyclic) bond motifs is 1. The molecule has 0 radical (unpaired) electrons. The highest BCUT2D eigenvalue weighted by Gasteiger charge is 2.11. The third kappa shape index (κ3) is 2.18. The van der Waals surface area contributed by atoms with Crippen LogP contribution in [0.2, 0.25) is 4.47 Å². The van der Waals surface area contributed by atoms with Crippen LogP contribution < -0.4 is 4.74 Å². The minimum atomic E-state index is -0.502. The summed E-state index contributed by atoms with van der Waals surface area (Å²) < 4.78 is 18.9. The van der Waals surface area contributed by atoms with Gasteiger partial charge < -0.3 is 4.74 Å². The lowest BCUT2D eigenvalue weighted by molar-refractivity contribution is 0.290. The number of hydrogen-bond acceptors (Lipinski definition) is 4. The highest BCUT2D eigenvalue weighted by Crippen LogP contribution is 2.27. The van der Waals surface area contributed by atoms with Crippen LogP contribution in [-0.4, -0.2) is 16.6 Å². The summed E-state index contributed by atoms with van der Waals surface area (Å²) in [6, 6.07) is 1.29. The lowest BCUT2D eigenvalue weighted by Crippen LogP contribution is -1.99. The first-order valence-electron chi connectivity index (χ1n) is 4.46. The van der Waals surface area contributed by atoms with E-state index in [1.165, 1.54) is 17.4 Å². The first kappa shape index (κ1) is 10.6. The molecular weight excluding hydrogens is 239 g/mol. The number of hydrogen-bond donors (Lipinski definition) is 0. The van der Waals surface area contributed by atoms with Crippen LogP contribution in [0.5, 0.6) is 5.88 Å². The van der Waals surface area contributed by atoms with Crippen molar-refractivity contribution in [1.29, 1.82) is 0 Å². The van der Waals surface area contributed by atoms with Crippen LogP contribution in [0.4, 0.5) is 4.39 Å². The minimum absolute atomic E-state index is 0.0182. The predicted octanol–water partition coefficient (Wildman–Crippen LogP) is 3.27. The second kappa shape index (κ2) is 4.28. The predicted molar refractivity (Wildman–Crippen MR) is 58.2 cm³/mol. The molecule has 3 nitrogen and oxygen atoms in total. The SMILES string of the molecule is CCCOc1nc2sc(Cl)nc2cc1F. The van der Waals surface area contributed by atoms with Gasteiger partial charge in [-0.2, -0.15) is 4.98 Å². The van der Waals surface area contributed by atoms with Gasteiger partial charge in [-0.3, -0.25) is 0 Å². The first-order valence-corrected chi connectivity index (χ1v) is 5.65. The van der Waals surface area contributed by atoms with Crippen LogP contribution in [0.15, 0.2) is 6.07 Å². The second-order valence-electron chi connectivity index (χ2n) is 2.91. The number of ether oxygens (including phenoxy) is 1. The van der Waals surface area contributed by atoms with Gasteiger partial charge in [-0.15, -0.1) is 0 Å². The Kier molecular flexibility index (Phi) is 3.02. The van der Waals surface area contributed by atoms with Gasteiger partial charge in [-0.25, -0.2) is 9.37 Å². The molecule has 0 saturated heterocycles. The highest BCUT2D eigenvalue weighted by atomic mass is 35.5. The lowest BCUT2D eigenvalue weighted by atomic mass is 10.4. The van der Waals surface area contributed by atoms with E-state index in [4.69, 9.17) is 16.3 Å². The molecule has 0 unspecified atom stereocenters. The van der Waals surface area contributed by atoms with Gasteiger partial charge in [-0.1, -0.05) is 29.9 Å². The Labute approximate surface area is 94.9 Å². The van der Waals surface area contributed by atoms with Gasteiger partial charge in [0.15, 0.2) is 10.3 Å². The van der Waals surface area contributed by atoms with Crippen molar-refractivity contribution in [3.05, 3.63) is 16.4 Å². The third-order valence-electron chi connectivity index (χ3n) is 1.72. The molecule has 0 aliphatic carbocycles. The van der Waals surface area contributed by atoms with Crippen LogP contribution in [0.25, 0.3) is 10.3 Å². The zero-order chi connectivity index (χ0) is 10.8. The Bertz CT molecular complexity index is 488. The first-order chi connectivity index (χ1) is 7.20. The number of aromatic nitrogens is 2. The number of nitrogens with zero attached hydrogens (tertiary/aromatic N) is 2. The van der Waals surface area contributed by atoms with Crippen LogP contribution in [0.1, 0.15) is 13.3 Å². The smallest absolute Gasteiger partial charge is 0.251 e. The van der Waals surface area contributed by atoms with Gasteiger partial charge in [0.1, 0.15) is 10.3 Å². The average Bonchev–Trinajstić information content (AvgIpc) is 2.53. The van der Waals surface area contributed by atoms with Crippen molar-refractivity contribution in [2.75, 3.05) is 6.61 Å². The van der Waals surface area contributed by atoms with Gasteiger partial charge in [0.2, 0.25) is 0 Å². The quantitative estimate of drug-likeness (QED) is 0.834. The Balaban J connectivity index is 2.42. The number of pyridine rings is 1. The van der Waals surface area contributed by atoms with Crippen molar-refractivity contribution in [1.82, 2.24) is 9.97 Å². The van der Waals surface area contributed by atoms with E-state index in [9.17, 15) is 4.39 Å². The zero-order valence-corrected chi connectivity index (χ0v) is 9.53. The maximum atomic E-state index is 13.4. The van der Waals surface area contributed by atoms with E-state index < -0.39 is 5.82 Å². The normalized spacial score (nSPS) is 10.9. The third-order valence-corrected chi connectivity index (χ3v) is 2.79. The van der Waals surface area contributed by atoms with Gasteiger partial charge in [0.05, 0.1) is 6.61 Å². The van der Waals surface area contributed by atoms with Gasteiger partial charge in [-0.05, 0) is 6.42 Å². The van der Waals surface area contributed by atoms with Crippen molar-refractivity contribution in [3.63, 3.8) is 0 Å². The summed E-state index contributed by atoms with van der Waals surface area (Å²) in [5.41, 5.74) is 0.464. The van der Waals surface area contributed by atoms with E-state index >= 15 is 0 Å². The Hall–Kier alpha value is -0.940. The molecule has 80 valence electrons. The fourth-order valence-electron chi connectivity index (χ4n) is 1.10. The molecule has 0 bridgehead atoms. The van der Waals surface area contributed by atoms with E-state index in [-0.39, 0.29) is 5.88 Å². The van der Waals surface area contributed by atoms with Crippen molar-refractivity contribution in [3.8, 4) is 5.88 Å². The van der Waals surface area contributed by atoms with Crippen LogP contribution >= 0.6 is 22.9 Å². The van der Waals surface area contributed by atoms with Crippen LogP contribution in [-0.2, 0) is 0 Å².